The lowest BCUT2D eigenvalue weighted by Gasteiger charge is -2.23. The Morgan fingerprint density at radius 1 is 1.38 bits per heavy atom. The Morgan fingerprint density at radius 3 is 3.00 bits per heavy atom. The first kappa shape index (κ1) is 11.6. The van der Waals surface area contributed by atoms with E-state index in [2.05, 4.69) is 21.8 Å². The number of halogens is 1. The molecule has 1 unspecified atom stereocenters. The fourth-order valence-corrected chi connectivity index (χ4v) is 2.34. The molecule has 2 rings (SSSR count). The number of hydrogen-bond acceptors (Lipinski definition) is 3. The van der Waals surface area contributed by atoms with E-state index in [0.29, 0.717) is 5.28 Å². The SMILES string of the molecule is Cc1cnc(Cl)nc1N1CCCC(C)CC1. The standard InChI is InChI=1S/C12H18ClN3/c1-9-4-3-6-16(7-5-9)11-10(2)8-14-12(13)15-11/h8-9H,3-7H2,1-2H3. The number of hydrogen-bond donors (Lipinski definition) is 0. The molecule has 1 saturated heterocycles. The summed E-state index contributed by atoms with van der Waals surface area (Å²) in [6.07, 6.45) is 5.59. The second-order valence-corrected chi connectivity index (χ2v) is 5.01. The number of rotatable bonds is 1. The summed E-state index contributed by atoms with van der Waals surface area (Å²) in [4.78, 5) is 10.7. The Hall–Kier alpha value is -0.830. The Balaban J connectivity index is 2.19. The second kappa shape index (κ2) is 5.00. The molecule has 1 aliphatic heterocycles. The highest BCUT2D eigenvalue weighted by Gasteiger charge is 2.17. The van der Waals surface area contributed by atoms with Gasteiger partial charge in [0.1, 0.15) is 5.82 Å². The molecule has 0 aromatic carbocycles. The van der Waals surface area contributed by atoms with Crippen molar-refractivity contribution in [2.45, 2.75) is 33.1 Å². The van der Waals surface area contributed by atoms with Gasteiger partial charge in [-0.15, -0.1) is 0 Å². The summed E-state index contributed by atoms with van der Waals surface area (Å²) < 4.78 is 0. The maximum atomic E-state index is 5.86. The quantitative estimate of drug-likeness (QED) is 0.706. The molecule has 0 amide bonds. The first-order chi connectivity index (χ1) is 7.66. The fraction of sp³-hybridized carbons (Fsp3) is 0.667. The zero-order valence-electron chi connectivity index (χ0n) is 9.91. The van der Waals surface area contributed by atoms with Gasteiger partial charge in [-0.3, -0.25) is 0 Å². The van der Waals surface area contributed by atoms with E-state index < -0.39 is 0 Å². The molecule has 1 aromatic rings. The van der Waals surface area contributed by atoms with E-state index in [-0.39, 0.29) is 0 Å². The van der Waals surface area contributed by atoms with Gasteiger partial charge in [0, 0.05) is 24.8 Å². The first-order valence-corrected chi connectivity index (χ1v) is 6.28. The van der Waals surface area contributed by atoms with Crippen LogP contribution in [0.25, 0.3) is 0 Å². The molecule has 0 N–H and O–H groups in total. The minimum Gasteiger partial charge on any atom is -0.356 e. The van der Waals surface area contributed by atoms with Gasteiger partial charge in [-0.2, -0.15) is 0 Å². The van der Waals surface area contributed by atoms with Crippen LogP contribution in [0.5, 0.6) is 0 Å². The third kappa shape index (κ3) is 2.64. The Morgan fingerprint density at radius 2 is 2.19 bits per heavy atom. The highest BCUT2D eigenvalue weighted by Crippen LogP contribution is 2.23. The molecule has 1 atom stereocenters. The number of aromatic nitrogens is 2. The van der Waals surface area contributed by atoms with E-state index in [4.69, 9.17) is 11.6 Å². The molecule has 0 saturated carbocycles. The van der Waals surface area contributed by atoms with Gasteiger partial charge >= 0.3 is 0 Å². The molecular weight excluding hydrogens is 222 g/mol. The molecule has 16 heavy (non-hydrogen) atoms. The van der Waals surface area contributed by atoms with Crippen LogP contribution in [0.15, 0.2) is 6.20 Å². The molecule has 88 valence electrons. The number of nitrogens with zero attached hydrogens (tertiary/aromatic N) is 3. The minimum atomic E-state index is 0.345. The lowest BCUT2D eigenvalue weighted by Crippen LogP contribution is -2.26. The lowest BCUT2D eigenvalue weighted by atomic mass is 10.0. The van der Waals surface area contributed by atoms with Crippen LogP contribution in [0.1, 0.15) is 31.7 Å². The number of anilines is 1. The third-order valence-corrected chi connectivity index (χ3v) is 3.41. The van der Waals surface area contributed by atoms with Crippen LogP contribution in [0.3, 0.4) is 0 Å². The Bertz CT molecular complexity index is 367. The van der Waals surface area contributed by atoms with Gasteiger partial charge in [0.25, 0.3) is 0 Å². The zero-order valence-corrected chi connectivity index (χ0v) is 10.7. The average Bonchev–Trinajstić information content (AvgIpc) is 2.47. The van der Waals surface area contributed by atoms with Gasteiger partial charge in [-0.05, 0) is 43.7 Å². The van der Waals surface area contributed by atoms with Crippen molar-refractivity contribution >= 4 is 17.4 Å². The van der Waals surface area contributed by atoms with Gasteiger partial charge in [0.2, 0.25) is 5.28 Å². The summed E-state index contributed by atoms with van der Waals surface area (Å²) in [5.41, 5.74) is 1.11. The Labute approximate surface area is 102 Å². The predicted molar refractivity (Wildman–Crippen MR) is 67.0 cm³/mol. The van der Waals surface area contributed by atoms with E-state index in [9.17, 15) is 0 Å². The minimum absolute atomic E-state index is 0.345. The van der Waals surface area contributed by atoms with Crippen molar-refractivity contribution in [2.75, 3.05) is 18.0 Å². The van der Waals surface area contributed by atoms with E-state index >= 15 is 0 Å². The molecule has 1 aromatic heterocycles. The predicted octanol–water partition coefficient (Wildman–Crippen LogP) is 3.06. The largest absolute Gasteiger partial charge is 0.356 e. The first-order valence-electron chi connectivity index (χ1n) is 5.91. The molecule has 1 fully saturated rings. The monoisotopic (exact) mass is 239 g/mol. The van der Waals surface area contributed by atoms with E-state index in [0.717, 1.165) is 30.4 Å². The summed E-state index contributed by atoms with van der Waals surface area (Å²) in [7, 11) is 0. The summed E-state index contributed by atoms with van der Waals surface area (Å²) in [6, 6.07) is 0. The maximum Gasteiger partial charge on any atom is 0.224 e. The highest BCUT2D eigenvalue weighted by atomic mass is 35.5. The van der Waals surface area contributed by atoms with Crippen LogP contribution in [0, 0.1) is 12.8 Å². The second-order valence-electron chi connectivity index (χ2n) is 4.67. The van der Waals surface area contributed by atoms with Crippen molar-refractivity contribution in [3.05, 3.63) is 17.0 Å². The molecule has 0 bridgehead atoms. The van der Waals surface area contributed by atoms with Crippen molar-refractivity contribution < 1.29 is 0 Å². The lowest BCUT2D eigenvalue weighted by molar-refractivity contribution is 0.521. The van der Waals surface area contributed by atoms with Crippen LogP contribution in [-0.4, -0.2) is 23.1 Å². The molecule has 2 heterocycles. The molecule has 0 radical (unpaired) electrons. The molecule has 1 aliphatic rings. The summed E-state index contributed by atoms with van der Waals surface area (Å²) in [5.74, 6) is 1.83. The van der Waals surface area contributed by atoms with Crippen molar-refractivity contribution in [2.24, 2.45) is 5.92 Å². The molecule has 4 heteroatoms. The Kier molecular flexibility index (Phi) is 3.64. The van der Waals surface area contributed by atoms with Crippen molar-refractivity contribution in [3.63, 3.8) is 0 Å². The van der Waals surface area contributed by atoms with Crippen LogP contribution in [-0.2, 0) is 0 Å². The van der Waals surface area contributed by atoms with E-state index in [1.54, 1.807) is 6.20 Å². The average molecular weight is 240 g/mol. The number of aryl methyl sites for hydroxylation is 1. The van der Waals surface area contributed by atoms with Gasteiger partial charge in [-0.25, -0.2) is 9.97 Å². The molecular formula is C12H18ClN3. The van der Waals surface area contributed by atoms with Crippen LogP contribution >= 0.6 is 11.6 Å². The normalized spacial score (nSPS) is 21.9. The van der Waals surface area contributed by atoms with Crippen molar-refractivity contribution in [1.29, 1.82) is 0 Å². The van der Waals surface area contributed by atoms with E-state index in [1.807, 2.05) is 6.92 Å². The van der Waals surface area contributed by atoms with Crippen molar-refractivity contribution in [3.8, 4) is 0 Å². The third-order valence-electron chi connectivity index (χ3n) is 3.23. The molecule has 0 spiro atoms. The van der Waals surface area contributed by atoms with E-state index in [1.165, 1.54) is 19.3 Å². The van der Waals surface area contributed by atoms with Gasteiger partial charge in [0.05, 0.1) is 0 Å². The van der Waals surface area contributed by atoms with Crippen LogP contribution < -0.4 is 4.90 Å². The molecule has 0 aliphatic carbocycles. The highest BCUT2D eigenvalue weighted by molar-refractivity contribution is 6.28. The zero-order chi connectivity index (χ0) is 11.5. The van der Waals surface area contributed by atoms with Gasteiger partial charge in [0.15, 0.2) is 0 Å². The summed E-state index contributed by atoms with van der Waals surface area (Å²) in [6.45, 7) is 6.52. The topological polar surface area (TPSA) is 29.0 Å². The molecule has 3 nitrogen and oxygen atoms in total. The summed E-state index contributed by atoms with van der Waals surface area (Å²) in [5, 5.41) is 0.345. The van der Waals surface area contributed by atoms with Gasteiger partial charge in [-0.1, -0.05) is 6.92 Å². The van der Waals surface area contributed by atoms with Crippen molar-refractivity contribution in [1.82, 2.24) is 9.97 Å². The summed E-state index contributed by atoms with van der Waals surface area (Å²) >= 11 is 5.86. The smallest absolute Gasteiger partial charge is 0.224 e. The fourth-order valence-electron chi connectivity index (χ4n) is 2.21. The van der Waals surface area contributed by atoms with Gasteiger partial charge < -0.3 is 4.90 Å². The van der Waals surface area contributed by atoms with Crippen LogP contribution in [0.2, 0.25) is 5.28 Å². The maximum absolute atomic E-state index is 5.86. The van der Waals surface area contributed by atoms with Crippen LogP contribution in [0.4, 0.5) is 5.82 Å².